The highest BCUT2D eigenvalue weighted by Crippen LogP contribution is 2.18. The Kier molecular flexibility index (Phi) is 9.38. The summed E-state index contributed by atoms with van der Waals surface area (Å²) >= 11 is 0. The van der Waals surface area contributed by atoms with Crippen molar-refractivity contribution in [1.29, 1.82) is 0 Å². The summed E-state index contributed by atoms with van der Waals surface area (Å²) in [5.74, 6) is 0. The molecule has 0 aliphatic rings. The number of benzene rings is 4. The van der Waals surface area contributed by atoms with E-state index in [1.165, 1.54) is 22.3 Å². The third-order valence-corrected chi connectivity index (χ3v) is 3.76. The van der Waals surface area contributed by atoms with E-state index in [0.29, 0.717) is 0 Å². The first kappa shape index (κ1) is 20.4. The van der Waals surface area contributed by atoms with E-state index >= 15 is 0 Å². The van der Waals surface area contributed by atoms with Gasteiger partial charge in [-0.1, -0.05) is 121 Å². The van der Waals surface area contributed by atoms with Crippen LogP contribution in [0, 0.1) is 0 Å². The number of rotatable bonds is 2. The summed E-state index contributed by atoms with van der Waals surface area (Å²) in [6, 6.07) is 41.6. The second-order valence-electron chi connectivity index (χ2n) is 5.57. The minimum absolute atomic E-state index is 1.28. The Morgan fingerprint density at radius 1 is 0.407 bits per heavy atom. The van der Waals surface area contributed by atoms with E-state index in [9.17, 15) is 0 Å². The second-order valence-corrected chi connectivity index (χ2v) is 5.78. The van der Waals surface area contributed by atoms with Gasteiger partial charge in [0.1, 0.15) is 0 Å². The number of hydrogen-bond donors (Lipinski definition) is 1. The van der Waals surface area contributed by atoms with Gasteiger partial charge in [0.2, 0.25) is 0 Å². The van der Waals surface area contributed by atoms with Crippen LogP contribution in [0.25, 0.3) is 22.3 Å². The molecule has 1 N–H and O–H groups in total. The highest BCUT2D eigenvalue weighted by atomic mass is 31.1. The minimum Gasteiger partial charge on any atom is -0.348 e. The van der Waals surface area contributed by atoms with Crippen molar-refractivity contribution in [2.45, 2.75) is 0 Å². The molecule has 0 fully saturated rings. The van der Waals surface area contributed by atoms with E-state index in [2.05, 4.69) is 97.1 Å². The summed E-state index contributed by atoms with van der Waals surface area (Å²) in [5.41, 5.74) is 5.10. The molecule has 136 valence electrons. The molecule has 0 saturated carbocycles. The van der Waals surface area contributed by atoms with Crippen molar-refractivity contribution in [3.05, 3.63) is 121 Å². The molecule has 0 radical (unpaired) electrons. The van der Waals surface area contributed by atoms with Crippen LogP contribution in [0.3, 0.4) is 0 Å². The Labute approximate surface area is 162 Å². The highest BCUT2D eigenvalue weighted by Gasteiger charge is 1.92. The van der Waals surface area contributed by atoms with Gasteiger partial charge in [0.05, 0.1) is 0 Å². The monoisotopic (exact) mass is 374 g/mol. The zero-order valence-corrected chi connectivity index (χ0v) is 16.1. The van der Waals surface area contributed by atoms with E-state index in [-0.39, 0.29) is 0 Å². The molecular weight excluding hydrogens is 351 g/mol. The fourth-order valence-corrected chi connectivity index (χ4v) is 2.52. The van der Waals surface area contributed by atoms with Crippen LogP contribution < -0.4 is 0 Å². The Morgan fingerprint density at radius 3 is 0.704 bits per heavy atom. The lowest BCUT2D eigenvalue weighted by molar-refractivity contribution is 0.524. The van der Waals surface area contributed by atoms with Crippen LogP contribution in [0.5, 0.6) is 0 Å². The van der Waals surface area contributed by atoms with Gasteiger partial charge in [0, 0.05) is 0 Å². The molecule has 0 saturated heterocycles. The molecule has 0 aromatic heterocycles. The van der Waals surface area contributed by atoms with E-state index in [0.717, 1.165) is 0 Å². The van der Waals surface area contributed by atoms with Crippen molar-refractivity contribution < 1.29 is 9.46 Å². The molecule has 2 nitrogen and oxygen atoms in total. The standard InChI is InChI=1S/2C12H10.H3O2P/c2*1-3-7-11(8-4-1)12-9-5-2-6-10-12;1-3-2/h2*1-10H;3H2,(H,1,2). The SMILES string of the molecule is O=[PH2]O.c1ccc(-c2ccccc2)cc1.c1ccc(-c2ccccc2)cc1. The van der Waals surface area contributed by atoms with Crippen molar-refractivity contribution in [1.82, 2.24) is 0 Å². The normalized spacial score (nSPS) is 9.67. The van der Waals surface area contributed by atoms with Crippen LogP contribution in [-0.2, 0) is 4.57 Å². The molecule has 3 heteroatoms. The zero-order chi connectivity index (χ0) is 19.2. The van der Waals surface area contributed by atoms with E-state index in [1.54, 1.807) is 0 Å². The van der Waals surface area contributed by atoms with Crippen LogP contribution in [0.15, 0.2) is 121 Å². The lowest BCUT2D eigenvalue weighted by Crippen LogP contribution is -1.73. The van der Waals surface area contributed by atoms with Crippen LogP contribution >= 0.6 is 8.69 Å². The maximum absolute atomic E-state index is 8.57. The van der Waals surface area contributed by atoms with Gasteiger partial charge in [-0.2, -0.15) is 0 Å². The lowest BCUT2D eigenvalue weighted by Gasteiger charge is -1.98. The zero-order valence-electron chi connectivity index (χ0n) is 15.0. The summed E-state index contributed by atoms with van der Waals surface area (Å²) in [6.07, 6.45) is 0. The fraction of sp³-hybridized carbons (Fsp3) is 0. The van der Waals surface area contributed by atoms with Gasteiger partial charge in [-0.15, -0.1) is 0 Å². The van der Waals surface area contributed by atoms with Gasteiger partial charge in [-0.3, -0.25) is 4.57 Å². The molecule has 4 aromatic rings. The lowest BCUT2D eigenvalue weighted by atomic mass is 10.1. The van der Waals surface area contributed by atoms with Crippen molar-refractivity contribution in [2.24, 2.45) is 0 Å². The first-order valence-corrected chi connectivity index (χ1v) is 9.62. The molecule has 0 amide bonds. The third-order valence-electron chi connectivity index (χ3n) is 3.76. The molecule has 0 spiro atoms. The summed E-state index contributed by atoms with van der Waals surface area (Å²) in [4.78, 5) is 7.10. The van der Waals surface area contributed by atoms with E-state index < -0.39 is 8.69 Å². The average molecular weight is 374 g/mol. The fourth-order valence-electron chi connectivity index (χ4n) is 2.52. The predicted octanol–water partition coefficient (Wildman–Crippen LogP) is 6.36. The summed E-state index contributed by atoms with van der Waals surface area (Å²) in [5, 5.41) is 0. The summed E-state index contributed by atoms with van der Waals surface area (Å²) in [6.45, 7) is 0. The summed E-state index contributed by atoms with van der Waals surface area (Å²) < 4.78 is 8.57. The maximum Gasteiger partial charge on any atom is 0.177 e. The molecule has 1 atom stereocenters. The molecule has 4 aromatic carbocycles. The molecular formula is C24H23O2P. The van der Waals surface area contributed by atoms with Crippen molar-refractivity contribution in [3.8, 4) is 22.3 Å². The van der Waals surface area contributed by atoms with E-state index in [4.69, 9.17) is 9.46 Å². The molecule has 0 heterocycles. The van der Waals surface area contributed by atoms with Gasteiger partial charge >= 0.3 is 0 Å². The molecule has 4 rings (SSSR count). The topological polar surface area (TPSA) is 37.3 Å². The molecule has 1 unspecified atom stereocenters. The van der Waals surface area contributed by atoms with Crippen molar-refractivity contribution in [3.63, 3.8) is 0 Å². The van der Waals surface area contributed by atoms with Gasteiger partial charge in [0.15, 0.2) is 8.69 Å². The van der Waals surface area contributed by atoms with Crippen LogP contribution in [0.1, 0.15) is 0 Å². The average Bonchev–Trinajstić information content (AvgIpc) is 2.77. The molecule has 0 aliphatic carbocycles. The predicted molar refractivity (Wildman–Crippen MR) is 116 cm³/mol. The first-order chi connectivity index (χ1) is 13.3. The highest BCUT2D eigenvalue weighted by molar-refractivity contribution is 7.16. The van der Waals surface area contributed by atoms with Gasteiger partial charge in [-0.05, 0) is 22.3 Å². The van der Waals surface area contributed by atoms with Crippen LogP contribution in [0.4, 0.5) is 0 Å². The van der Waals surface area contributed by atoms with Gasteiger partial charge < -0.3 is 4.89 Å². The smallest absolute Gasteiger partial charge is 0.177 e. The largest absolute Gasteiger partial charge is 0.348 e. The Balaban J connectivity index is 0.000000170. The maximum atomic E-state index is 8.57. The van der Waals surface area contributed by atoms with Crippen molar-refractivity contribution >= 4 is 8.69 Å². The van der Waals surface area contributed by atoms with Crippen LogP contribution in [-0.4, -0.2) is 4.89 Å². The quantitative estimate of drug-likeness (QED) is 0.415. The van der Waals surface area contributed by atoms with Crippen molar-refractivity contribution in [2.75, 3.05) is 0 Å². The molecule has 0 aliphatic heterocycles. The summed E-state index contributed by atoms with van der Waals surface area (Å²) in [7, 11) is -1.50. The van der Waals surface area contributed by atoms with E-state index in [1.807, 2.05) is 24.3 Å². The third kappa shape index (κ3) is 7.45. The minimum atomic E-state index is -1.50. The first-order valence-electron chi connectivity index (χ1n) is 8.64. The Morgan fingerprint density at radius 2 is 0.556 bits per heavy atom. The molecule has 27 heavy (non-hydrogen) atoms. The van der Waals surface area contributed by atoms with Gasteiger partial charge in [-0.25, -0.2) is 0 Å². The van der Waals surface area contributed by atoms with Gasteiger partial charge in [0.25, 0.3) is 0 Å². The second kappa shape index (κ2) is 12.4. The Bertz CT molecular complexity index is 730. The number of hydrogen-bond acceptors (Lipinski definition) is 1. The molecule has 0 bridgehead atoms. The van der Waals surface area contributed by atoms with Crippen LogP contribution in [0.2, 0.25) is 0 Å². The Hall–Kier alpha value is -2.93.